The molecule has 0 amide bonds. The lowest BCUT2D eigenvalue weighted by atomic mass is 10.1. The zero-order valence-electron chi connectivity index (χ0n) is 14.1. The van der Waals surface area contributed by atoms with E-state index in [1.165, 1.54) is 70.9 Å². The summed E-state index contributed by atoms with van der Waals surface area (Å²) in [7, 11) is -5.84. The van der Waals surface area contributed by atoms with Crippen molar-refractivity contribution < 1.29 is 26.1 Å². The SMILES string of the molecule is CCCCCCN1CCCC1CCCC.O=S(=O)(O)C(F)(F)F. The highest BCUT2D eigenvalue weighted by Gasteiger charge is 2.44. The van der Waals surface area contributed by atoms with E-state index in [4.69, 9.17) is 13.0 Å². The van der Waals surface area contributed by atoms with Gasteiger partial charge in [-0.25, -0.2) is 0 Å². The van der Waals surface area contributed by atoms with Gasteiger partial charge in [0.2, 0.25) is 0 Å². The minimum absolute atomic E-state index is 0.937. The summed E-state index contributed by atoms with van der Waals surface area (Å²) in [5.41, 5.74) is -5.53. The number of likely N-dealkylation sites (tertiary alicyclic amines) is 1. The maximum absolute atomic E-state index is 10.7. The fraction of sp³-hybridized carbons (Fsp3) is 1.00. The number of rotatable bonds is 8. The largest absolute Gasteiger partial charge is 0.522 e. The van der Waals surface area contributed by atoms with Crippen LogP contribution in [0.2, 0.25) is 0 Å². The second kappa shape index (κ2) is 11.3. The number of unbranched alkanes of at least 4 members (excludes halogenated alkanes) is 4. The Hall–Kier alpha value is -0.340. The Kier molecular flexibility index (Phi) is 11.1. The predicted molar refractivity (Wildman–Crippen MR) is 85.9 cm³/mol. The van der Waals surface area contributed by atoms with Gasteiger partial charge in [0.15, 0.2) is 0 Å². The van der Waals surface area contributed by atoms with Crippen molar-refractivity contribution in [2.45, 2.75) is 83.2 Å². The molecule has 1 aliphatic heterocycles. The van der Waals surface area contributed by atoms with Crippen LogP contribution in [0.3, 0.4) is 0 Å². The molecule has 1 heterocycles. The molecule has 1 fully saturated rings. The monoisotopic (exact) mass is 361 g/mol. The zero-order valence-corrected chi connectivity index (χ0v) is 14.9. The summed E-state index contributed by atoms with van der Waals surface area (Å²) in [5, 5.41) is 0. The van der Waals surface area contributed by atoms with Gasteiger partial charge in [-0.05, 0) is 38.8 Å². The predicted octanol–water partition coefficient (Wildman–Crippen LogP) is 4.62. The van der Waals surface area contributed by atoms with E-state index in [1.807, 2.05) is 0 Å². The van der Waals surface area contributed by atoms with Crippen molar-refractivity contribution >= 4 is 10.1 Å². The molecule has 23 heavy (non-hydrogen) atoms. The van der Waals surface area contributed by atoms with Crippen LogP contribution >= 0.6 is 0 Å². The average Bonchev–Trinajstić information content (AvgIpc) is 2.87. The molecule has 1 saturated heterocycles. The molecule has 1 N–H and O–H groups in total. The van der Waals surface area contributed by atoms with E-state index < -0.39 is 15.6 Å². The minimum Gasteiger partial charge on any atom is -0.300 e. The van der Waals surface area contributed by atoms with Crippen LogP contribution in [0.1, 0.15) is 71.6 Å². The second-order valence-electron chi connectivity index (χ2n) is 5.96. The van der Waals surface area contributed by atoms with Gasteiger partial charge < -0.3 is 4.90 Å². The molecule has 1 aliphatic rings. The van der Waals surface area contributed by atoms with Gasteiger partial charge in [0.1, 0.15) is 0 Å². The molecule has 0 saturated carbocycles. The third-order valence-electron chi connectivity index (χ3n) is 3.98. The van der Waals surface area contributed by atoms with Gasteiger partial charge in [-0.2, -0.15) is 21.6 Å². The molecule has 0 spiro atoms. The first-order chi connectivity index (χ1) is 10.6. The first-order valence-corrected chi connectivity index (χ1v) is 9.85. The summed E-state index contributed by atoms with van der Waals surface area (Å²) in [5.74, 6) is 0. The summed E-state index contributed by atoms with van der Waals surface area (Å²) in [4.78, 5) is 2.76. The van der Waals surface area contributed by atoms with Gasteiger partial charge in [0, 0.05) is 6.04 Å². The van der Waals surface area contributed by atoms with Crippen molar-refractivity contribution in [1.82, 2.24) is 4.90 Å². The van der Waals surface area contributed by atoms with Crippen molar-refractivity contribution in [1.29, 1.82) is 0 Å². The lowest BCUT2D eigenvalue weighted by molar-refractivity contribution is -0.0510. The smallest absolute Gasteiger partial charge is 0.300 e. The number of hydrogen-bond donors (Lipinski definition) is 1. The highest BCUT2D eigenvalue weighted by molar-refractivity contribution is 7.86. The molecule has 8 heteroatoms. The van der Waals surface area contributed by atoms with Gasteiger partial charge >= 0.3 is 15.6 Å². The standard InChI is InChI=1S/C14H29N.CHF3O3S/c1-3-5-7-8-12-15-13-9-11-14(15)10-6-4-2;2-1(3,4)8(5,6)7/h14H,3-13H2,1-2H3;(H,5,6,7). The molecule has 0 aromatic rings. The average molecular weight is 361 g/mol. The summed E-state index contributed by atoms with van der Waals surface area (Å²) < 4.78 is 57.5. The molecule has 1 rings (SSSR count). The number of alkyl halides is 3. The molecule has 0 aromatic heterocycles. The molecule has 0 aromatic carbocycles. The number of hydrogen-bond acceptors (Lipinski definition) is 3. The summed E-state index contributed by atoms with van der Waals surface area (Å²) in [6, 6.07) is 0.937. The van der Waals surface area contributed by atoms with Crippen LogP contribution in [0, 0.1) is 0 Å². The van der Waals surface area contributed by atoms with Gasteiger partial charge in [-0.1, -0.05) is 46.0 Å². The van der Waals surface area contributed by atoms with E-state index in [9.17, 15) is 13.2 Å². The van der Waals surface area contributed by atoms with Gasteiger partial charge in [0.25, 0.3) is 0 Å². The van der Waals surface area contributed by atoms with Crippen molar-refractivity contribution in [3.63, 3.8) is 0 Å². The van der Waals surface area contributed by atoms with Crippen molar-refractivity contribution in [3.05, 3.63) is 0 Å². The summed E-state index contributed by atoms with van der Waals surface area (Å²) in [6.45, 7) is 7.34. The van der Waals surface area contributed by atoms with Crippen LogP contribution in [0.4, 0.5) is 13.2 Å². The zero-order chi connectivity index (χ0) is 17.9. The lowest BCUT2D eigenvalue weighted by Gasteiger charge is -2.24. The van der Waals surface area contributed by atoms with E-state index in [1.54, 1.807) is 0 Å². The Bertz CT molecular complexity index is 399. The Morgan fingerprint density at radius 1 is 1.09 bits per heavy atom. The third kappa shape index (κ3) is 10.2. The van der Waals surface area contributed by atoms with E-state index in [0.29, 0.717) is 0 Å². The fourth-order valence-electron chi connectivity index (χ4n) is 2.70. The molecule has 0 aliphatic carbocycles. The van der Waals surface area contributed by atoms with Crippen molar-refractivity contribution in [3.8, 4) is 0 Å². The fourth-order valence-corrected chi connectivity index (χ4v) is 2.70. The maximum atomic E-state index is 10.7. The van der Waals surface area contributed by atoms with Gasteiger partial charge in [-0.3, -0.25) is 4.55 Å². The molecule has 140 valence electrons. The molecule has 4 nitrogen and oxygen atoms in total. The Labute approximate surface area is 138 Å². The summed E-state index contributed by atoms with van der Waals surface area (Å²) in [6.07, 6.45) is 12.8. The first kappa shape index (κ1) is 22.7. The van der Waals surface area contributed by atoms with Crippen LogP contribution in [0.25, 0.3) is 0 Å². The second-order valence-corrected chi connectivity index (χ2v) is 7.37. The topological polar surface area (TPSA) is 57.6 Å². The third-order valence-corrected chi connectivity index (χ3v) is 4.57. The van der Waals surface area contributed by atoms with Crippen LogP contribution in [-0.2, 0) is 10.1 Å². The van der Waals surface area contributed by atoms with Crippen LogP contribution in [0.5, 0.6) is 0 Å². The van der Waals surface area contributed by atoms with Gasteiger partial charge in [0.05, 0.1) is 0 Å². The molecule has 0 radical (unpaired) electrons. The van der Waals surface area contributed by atoms with Gasteiger partial charge in [-0.15, -0.1) is 0 Å². The summed E-state index contributed by atoms with van der Waals surface area (Å²) >= 11 is 0. The molecule has 1 atom stereocenters. The number of nitrogens with zero attached hydrogens (tertiary/aromatic N) is 1. The molecule has 0 bridgehead atoms. The van der Waals surface area contributed by atoms with Crippen LogP contribution in [0.15, 0.2) is 0 Å². The highest BCUT2D eigenvalue weighted by atomic mass is 32.2. The Morgan fingerprint density at radius 2 is 1.65 bits per heavy atom. The number of halogens is 3. The Morgan fingerprint density at radius 3 is 2.13 bits per heavy atom. The highest BCUT2D eigenvalue weighted by Crippen LogP contribution is 2.22. The van der Waals surface area contributed by atoms with Crippen molar-refractivity contribution in [2.24, 2.45) is 0 Å². The quantitative estimate of drug-likeness (QED) is 0.389. The molecular weight excluding hydrogens is 331 g/mol. The van der Waals surface area contributed by atoms with Crippen LogP contribution in [-0.4, -0.2) is 42.5 Å². The van der Waals surface area contributed by atoms with Crippen LogP contribution < -0.4 is 0 Å². The maximum Gasteiger partial charge on any atom is 0.522 e. The van der Waals surface area contributed by atoms with Crippen molar-refractivity contribution in [2.75, 3.05) is 13.1 Å². The first-order valence-electron chi connectivity index (χ1n) is 8.41. The Balaban J connectivity index is 0.000000515. The normalized spacial score (nSPS) is 19.5. The van der Waals surface area contributed by atoms with E-state index >= 15 is 0 Å². The molecule has 1 unspecified atom stereocenters. The van der Waals surface area contributed by atoms with E-state index in [2.05, 4.69) is 18.7 Å². The lowest BCUT2D eigenvalue weighted by Crippen LogP contribution is -2.30. The molecular formula is C15H30F3NO3S. The minimum atomic E-state index is -5.84. The van der Waals surface area contributed by atoms with E-state index in [0.717, 1.165) is 6.04 Å². The van der Waals surface area contributed by atoms with E-state index in [-0.39, 0.29) is 0 Å².